The van der Waals surface area contributed by atoms with E-state index >= 15 is 0 Å². The van der Waals surface area contributed by atoms with Gasteiger partial charge in [0.15, 0.2) is 0 Å². The Morgan fingerprint density at radius 1 is 1.47 bits per heavy atom. The average molecular weight is 245 g/mol. The Labute approximate surface area is 99.2 Å². The Bertz CT molecular complexity index is 359. The fraction of sp³-hybridized carbons (Fsp3) is 0.636. The minimum Gasteiger partial charge on any atom is -0.375 e. The molecule has 4 nitrogen and oxygen atoms in total. The van der Waals surface area contributed by atoms with Crippen LogP contribution in [0.1, 0.15) is 30.0 Å². The van der Waals surface area contributed by atoms with Crippen molar-refractivity contribution >= 4 is 0 Å². The number of nitrogens with two attached hydrogens (primary N) is 1. The first-order valence-electron chi connectivity index (χ1n) is 5.44. The minimum absolute atomic E-state index is 0.112. The molecule has 0 aliphatic rings. The van der Waals surface area contributed by atoms with Crippen LogP contribution in [0.2, 0.25) is 0 Å². The molecule has 1 aromatic rings. The summed E-state index contributed by atoms with van der Waals surface area (Å²) in [5.74, 6) is 0.584. The van der Waals surface area contributed by atoms with E-state index in [4.69, 9.17) is 10.5 Å². The third-order valence-electron chi connectivity index (χ3n) is 2.27. The highest BCUT2D eigenvalue weighted by atomic mass is 19.3. The number of hydrogen-bond donors (Lipinski definition) is 1. The van der Waals surface area contributed by atoms with E-state index in [0.717, 1.165) is 11.3 Å². The third kappa shape index (κ3) is 4.70. The van der Waals surface area contributed by atoms with Crippen LogP contribution in [0.15, 0.2) is 6.20 Å². The van der Waals surface area contributed by atoms with E-state index in [1.807, 2.05) is 13.8 Å². The highest BCUT2D eigenvalue weighted by molar-refractivity contribution is 5.19. The molecule has 0 aliphatic carbocycles. The highest BCUT2D eigenvalue weighted by Gasteiger charge is 2.07. The molecule has 17 heavy (non-hydrogen) atoms. The summed E-state index contributed by atoms with van der Waals surface area (Å²) in [5.41, 5.74) is 7.44. The molecular weight excluding hydrogens is 228 g/mol. The van der Waals surface area contributed by atoms with Crippen molar-refractivity contribution in [1.82, 2.24) is 9.97 Å². The molecule has 0 spiro atoms. The Morgan fingerprint density at radius 3 is 2.71 bits per heavy atom. The van der Waals surface area contributed by atoms with E-state index in [1.165, 1.54) is 0 Å². The van der Waals surface area contributed by atoms with Gasteiger partial charge in [-0.15, -0.1) is 0 Å². The molecule has 2 N–H and O–H groups in total. The van der Waals surface area contributed by atoms with Gasteiger partial charge >= 0.3 is 0 Å². The van der Waals surface area contributed by atoms with Crippen LogP contribution in [-0.4, -0.2) is 29.6 Å². The van der Waals surface area contributed by atoms with Crippen molar-refractivity contribution in [3.8, 4) is 0 Å². The first-order valence-corrected chi connectivity index (χ1v) is 5.44. The van der Waals surface area contributed by atoms with Crippen LogP contribution in [0.25, 0.3) is 0 Å². The maximum Gasteiger partial charge on any atom is 0.261 e. The molecule has 1 atom stereocenters. The second kappa shape index (κ2) is 6.56. The van der Waals surface area contributed by atoms with Gasteiger partial charge in [-0.2, -0.15) is 0 Å². The molecule has 0 saturated heterocycles. The summed E-state index contributed by atoms with van der Waals surface area (Å²) in [4.78, 5) is 8.37. The molecule has 1 heterocycles. The monoisotopic (exact) mass is 245 g/mol. The van der Waals surface area contributed by atoms with Gasteiger partial charge in [-0.3, -0.25) is 0 Å². The molecule has 96 valence electrons. The zero-order chi connectivity index (χ0) is 12.8. The molecular formula is C11H17F2N3O. The van der Waals surface area contributed by atoms with E-state index in [9.17, 15) is 8.78 Å². The second-order valence-corrected chi connectivity index (χ2v) is 3.83. The van der Waals surface area contributed by atoms with Crippen molar-refractivity contribution in [3.05, 3.63) is 23.3 Å². The lowest BCUT2D eigenvalue weighted by molar-refractivity contribution is 0.0182. The normalized spacial score (nSPS) is 13.1. The summed E-state index contributed by atoms with van der Waals surface area (Å²) in [6, 6.07) is -0.112. The number of ether oxygens (including phenoxy) is 1. The van der Waals surface area contributed by atoms with Crippen LogP contribution < -0.4 is 5.73 Å². The fourth-order valence-corrected chi connectivity index (χ4v) is 1.43. The maximum absolute atomic E-state index is 11.8. The van der Waals surface area contributed by atoms with Crippen LogP contribution >= 0.6 is 0 Å². The summed E-state index contributed by atoms with van der Waals surface area (Å²) < 4.78 is 28.4. The van der Waals surface area contributed by atoms with E-state index in [1.54, 1.807) is 6.20 Å². The molecule has 0 unspecified atom stereocenters. The van der Waals surface area contributed by atoms with Crippen molar-refractivity contribution in [2.24, 2.45) is 5.73 Å². The van der Waals surface area contributed by atoms with Crippen LogP contribution in [0.4, 0.5) is 8.78 Å². The average Bonchev–Trinajstić information content (AvgIpc) is 2.23. The van der Waals surface area contributed by atoms with Gasteiger partial charge in [0.25, 0.3) is 6.43 Å². The lowest BCUT2D eigenvalue weighted by atomic mass is 10.1. The molecule has 1 aromatic heterocycles. The summed E-state index contributed by atoms with van der Waals surface area (Å²) in [7, 11) is 0. The standard InChI is InChI=1S/C11H17F2N3O/c1-7(14)9-5-15-11(16-8(9)2)3-4-17-6-10(12)13/h5,7,10H,3-4,6,14H2,1-2H3/t7-/m0/s1. The van der Waals surface area contributed by atoms with Crippen molar-refractivity contribution in [2.75, 3.05) is 13.2 Å². The zero-order valence-corrected chi connectivity index (χ0v) is 9.99. The Balaban J connectivity index is 2.47. The van der Waals surface area contributed by atoms with Gasteiger partial charge in [0.05, 0.1) is 6.61 Å². The van der Waals surface area contributed by atoms with Gasteiger partial charge in [-0.1, -0.05) is 0 Å². The number of alkyl halides is 2. The SMILES string of the molecule is Cc1nc(CCOCC(F)F)ncc1[C@H](C)N. The highest BCUT2D eigenvalue weighted by Crippen LogP contribution is 2.11. The molecule has 1 rings (SSSR count). The van der Waals surface area contributed by atoms with Gasteiger partial charge in [-0.25, -0.2) is 18.7 Å². The fourth-order valence-electron chi connectivity index (χ4n) is 1.43. The van der Waals surface area contributed by atoms with Crippen LogP contribution in [-0.2, 0) is 11.2 Å². The summed E-state index contributed by atoms with van der Waals surface area (Å²) >= 11 is 0. The van der Waals surface area contributed by atoms with E-state index in [-0.39, 0.29) is 12.6 Å². The van der Waals surface area contributed by atoms with Crippen molar-refractivity contribution in [3.63, 3.8) is 0 Å². The molecule has 6 heteroatoms. The summed E-state index contributed by atoms with van der Waals surface area (Å²) in [6.07, 6.45) is -0.333. The number of rotatable bonds is 6. The molecule has 0 aromatic carbocycles. The van der Waals surface area contributed by atoms with Gasteiger partial charge in [0.1, 0.15) is 12.4 Å². The number of aryl methyl sites for hydroxylation is 1. The second-order valence-electron chi connectivity index (χ2n) is 3.83. The van der Waals surface area contributed by atoms with Crippen molar-refractivity contribution in [2.45, 2.75) is 32.7 Å². The topological polar surface area (TPSA) is 61.0 Å². The van der Waals surface area contributed by atoms with Gasteiger partial charge in [-0.05, 0) is 13.8 Å². The van der Waals surface area contributed by atoms with E-state index in [0.29, 0.717) is 12.2 Å². The van der Waals surface area contributed by atoms with Crippen LogP contribution in [0, 0.1) is 6.92 Å². The smallest absolute Gasteiger partial charge is 0.261 e. The summed E-state index contributed by atoms with van der Waals surface area (Å²) in [6.45, 7) is 3.36. The van der Waals surface area contributed by atoms with Gasteiger partial charge in [0, 0.05) is 29.9 Å². The van der Waals surface area contributed by atoms with Gasteiger partial charge < -0.3 is 10.5 Å². The quantitative estimate of drug-likeness (QED) is 0.774. The predicted molar refractivity (Wildman–Crippen MR) is 59.9 cm³/mol. The number of aromatic nitrogens is 2. The first kappa shape index (κ1) is 13.9. The zero-order valence-electron chi connectivity index (χ0n) is 9.99. The number of nitrogens with zero attached hydrogens (tertiary/aromatic N) is 2. The van der Waals surface area contributed by atoms with Crippen molar-refractivity contribution < 1.29 is 13.5 Å². The van der Waals surface area contributed by atoms with E-state index in [2.05, 4.69) is 9.97 Å². The first-order chi connectivity index (χ1) is 8.00. The molecule has 0 radical (unpaired) electrons. The molecule has 0 saturated carbocycles. The summed E-state index contributed by atoms with van der Waals surface area (Å²) in [5, 5.41) is 0. The largest absolute Gasteiger partial charge is 0.375 e. The third-order valence-corrected chi connectivity index (χ3v) is 2.27. The van der Waals surface area contributed by atoms with Gasteiger partial charge in [0.2, 0.25) is 0 Å². The lowest BCUT2D eigenvalue weighted by Gasteiger charge is -2.09. The lowest BCUT2D eigenvalue weighted by Crippen LogP contribution is -2.12. The Hall–Kier alpha value is -1.14. The van der Waals surface area contributed by atoms with E-state index < -0.39 is 13.0 Å². The number of halogens is 2. The molecule has 0 bridgehead atoms. The van der Waals surface area contributed by atoms with Crippen LogP contribution in [0.3, 0.4) is 0 Å². The van der Waals surface area contributed by atoms with Crippen molar-refractivity contribution in [1.29, 1.82) is 0 Å². The minimum atomic E-state index is -2.43. The molecule has 0 fully saturated rings. The number of hydrogen-bond acceptors (Lipinski definition) is 4. The Kier molecular flexibility index (Phi) is 5.37. The Morgan fingerprint density at radius 2 is 2.18 bits per heavy atom. The van der Waals surface area contributed by atoms with Crippen LogP contribution in [0.5, 0.6) is 0 Å². The molecule has 0 aliphatic heterocycles. The predicted octanol–water partition coefficient (Wildman–Crippen LogP) is 1.63. The molecule has 0 amide bonds. The maximum atomic E-state index is 11.8.